The molecule has 28 heavy (non-hydrogen) atoms. The van der Waals surface area contributed by atoms with Crippen LogP contribution < -0.4 is 9.47 Å². The molecule has 0 aliphatic carbocycles. The standard InChI is InChI=1S/C22H25NO5/c1-15(13-24)21-18-12-20(27-3)19(26-2)11-17(18)9-10-23(21)22(25)28-14-16-7-5-4-6-8-16/h4-12,15,21,24H,13-14H2,1-3H3/t15-,21+/m1/s1. The molecule has 6 heteroatoms. The average molecular weight is 383 g/mol. The van der Waals surface area contributed by atoms with Gasteiger partial charge in [0, 0.05) is 18.7 Å². The summed E-state index contributed by atoms with van der Waals surface area (Å²) in [5, 5.41) is 9.79. The summed E-state index contributed by atoms with van der Waals surface area (Å²) in [5.41, 5.74) is 2.70. The Bertz CT molecular complexity index is 850. The van der Waals surface area contributed by atoms with Crippen molar-refractivity contribution in [3.8, 4) is 11.5 Å². The monoisotopic (exact) mass is 383 g/mol. The summed E-state index contributed by atoms with van der Waals surface area (Å²) in [7, 11) is 3.15. The highest BCUT2D eigenvalue weighted by Crippen LogP contribution is 2.41. The molecule has 3 rings (SSSR count). The van der Waals surface area contributed by atoms with E-state index in [4.69, 9.17) is 14.2 Å². The van der Waals surface area contributed by atoms with Crippen LogP contribution in [-0.4, -0.2) is 36.9 Å². The molecule has 148 valence electrons. The summed E-state index contributed by atoms with van der Waals surface area (Å²) in [6, 6.07) is 12.9. The Hall–Kier alpha value is -2.99. The number of carbonyl (C=O) groups is 1. The van der Waals surface area contributed by atoms with Gasteiger partial charge in [0.25, 0.3) is 0 Å². The van der Waals surface area contributed by atoms with Crippen LogP contribution in [-0.2, 0) is 11.3 Å². The molecule has 0 saturated carbocycles. The van der Waals surface area contributed by atoms with E-state index in [1.165, 1.54) is 4.90 Å². The smallest absolute Gasteiger partial charge is 0.414 e. The Kier molecular flexibility index (Phi) is 6.21. The lowest BCUT2D eigenvalue weighted by Gasteiger charge is -2.36. The Morgan fingerprint density at radius 2 is 1.82 bits per heavy atom. The predicted octanol–water partition coefficient (Wildman–Crippen LogP) is 4.00. The maximum absolute atomic E-state index is 12.8. The van der Waals surface area contributed by atoms with E-state index in [0.717, 1.165) is 16.7 Å². The molecule has 2 atom stereocenters. The summed E-state index contributed by atoms with van der Waals surface area (Å²) < 4.78 is 16.3. The molecule has 2 aromatic rings. The fourth-order valence-corrected chi connectivity index (χ4v) is 3.36. The lowest BCUT2D eigenvalue weighted by molar-refractivity contribution is 0.0785. The number of hydrogen-bond donors (Lipinski definition) is 1. The van der Waals surface area contributed by atoms with Gasteiger partial charge in [0.1, 0.15) is 6.61 Å². The molecule has 1 N–H and O–H groups in total. The van der Waals surface area contributed by atoms with Gasteiger partial charge < -0.3 is 19.3 Å². The number of aliphatic hydroxyl groups excluding tert-OH is 1. The highest BCUT2D eigenvalue weighted by Gasteiger charge is 2.34. The van der Waals surface area contributed by atoms with E-state index >= 15 is 0 Å². The summed E-state index contributed by atoms with van der Waals surface area (Å²) in [6.45, 7) is 2.00. The van der Waals surface area contributed by atoms with Crippen LogP contribution in [0.1, 0.15) is 29.7 Å². The Morgan fingerprint density at radius 1 is 1.14 bits per heavy atom. The summed E-state index contributed by atoms with van der Waals surface area (Å²) in [6.07, 6.45) is 3.06. The normalized spacial score (nSPS) is 16.3. The molecule has 6 nitrogen and oxygen atoms in total. The molecule has 0 fully saturated rings. The number of ether oxygens (including phenoxy) is 3. The molecule has 1 amide bonds. The molecule has 2 aromatic carbocycles. The van der Waals surface area contributed by atoms with Crippen molar-refractivity contribution in [2.24, 2.45) is 5.92 Å². The number of rotatable bonds is 6. The van der Waals surface area contributed by atoms with Crippen LogP contribution in [0.2, 0.25) is 0 Å². The van der Waals surface area contributed by atoms with Crippen LogP contribution in [0.3, 0.4) is 0 Å². The Morgan fingerprint density at radius 3 is 2.46 bits per heavy atom. The zero-order valence-corrected chi connectivity index (χ0v) is 16.3. The summed E-state index contributed by atoms with van der Waals surface area (Å²) in [4.78, 5) is 14.3. The van der Waals surface area contributed by atoms with E-state index in [0.29, 0.717) is 11.5 Å². The molecular formula is C22H25NO5. The van der Waals surface area contributed by atoms with E-state index in [9.17, 15) is 9.90 Å². The number of nitrogens with zero attached hydrogens (tertiary/aromatic N) is 1. The third-order valence-corrected chi connectivity index (χ3v) is 4.87. The first-order valence-corrected chi connectivity index (χ1v) is 9.13. The van der Waals surface area contributed by atoms with Crippen LogP contribution in [0.15, 0.2) is 48.7 Å². The number of benzene rings is 2. The van der Waals surface area contributed by atoms with Gasteiger partial charge in [-0.25, -0.2) is 4.79 Å². The minimum Gasteiger partial charge on any atom is -0.493 e. The first-order valence-electron chi connectivity index (χ1n) is 9.13. The molecule has 1 aliphatic heterocycles. The second kappa shape index (κ2) is 8.80. The first-order chi connectivity index (χ1) is 13.6. The molecule has 1 aliphatic rings. The van der Waals surface area contributed by atoms with Gasteiger partial charge in [-0.15, -0.1) is 0 Å². The Labute approximate surface area is 164 Å². The summed E-state index contributed by atoms with van der Waals surface area (Å²) >= 11 is 0. The molecular weight excluding hydrogens is 358 g/mol. The van der Waals surface area contributed by atoms with Crippen molar-refractivity contribution >= 4 is 12.2 Å². The third kappa shape index (κ3) is 3.97. The van der Waals surface area contributed by atoms with Crippen molar-refractivity contribution < 1.29 is 24.1 Å². The quantitative estimate of drug-likeness (QED) is 0.817. The van der Waals surface area contributed by atoms with Crippen LogP contribution in [0.25, 0.3) is 6.08 Å². The van der Waals surface area contributed by atoms with Gasteiger partial charge >= 0.3 is 6.09 Å². The molecule has 0 saturated heterocycles. The van der Waals surface area contributed by atoms with E-state index in [1.54, 1.807) is 20.4 Å². The lowest BCUT2D eigenvalue weighted by Crippen LogP contribution is -2.37. The van der Waals surface area contributed by atoms with Gasteiger partial charge in [0.05, 0.1) is 20.3 Å². The maximum atomic E-state index is 12.8. The van der Waals surface area contributed by atoms with Crippen molar-refractivity contribution in [1.82, 2.24) is 4.90 Å². The van der Waals surface area contributed by atoms with Gasteiger partial charge in [0.15, 0.2) is 11.5 Å². The molecule has 0 unspecified atom stereocenters. The zero-order valence-electron chi connectivity index (χ0n) is 16.3. The fourth-order valence-electron chi connectivity index (χ4n) is 3.36. The van der Waals surface area contributed by atoms with Crippen LogP contribution in [0.5, 0.6) is 11.5 Å². The minimum atomic E-state index is -0.467. The van der Waals surface area contributed by atoms with Crippen molar-refractivity contribution in [3.63, 3.8) is 0 Å². The highest BCUT2D eigenvalue weighted by atomic mass is 16.6. The van der Waals surface area contributed by atoms with Crippen LogP contribution in [0, 0.1) is 5.92 Å². The van der Waals surface area contributed by atoms with Crippen LogP contribution in [0.4, 0.5) is 4.79 Å². The molecule has 1 heterocycles. The minimum absolute atomic E-state index is 0.0746. The maximum Gasteiger partial charge on any atom is 0.414 e. The second-order valence-electron chi connectivity index (χ2n) is 6.70. The van der Waals surface area contributed by atoms with Gasteiger partial charge in [-0.05, 0) is 34.9 Å². The van der Waals surface area contributed by atoms with Gasteiger partial charge in [-0.1, -0.05) is 37.3 Å². The number of fused-ring (bicyclic) bond motifs is 1. The summed E-state index contributed by atoms with van der Waals surface area (Å²) in [5.74, 6) is 0.983. The highest BCUT2D eigenvalue weighted by molar-refractivity contribution is 5.74. The van der Waals surface area contributed by atoms with Crippen molar-refractivity contribution in [2.75, 3.05) is 20.8 Å². The van der Waals surface area contributed by atoms with Gasteiger partial charge in [-0.3, -0.25) is 4.90 Å². The molecule has 0 bridgehead atoms. The second-order valence-corrected chi connectivity index (χ2v) is 6.70. The van der Waals surface area contributed by atoms with Gasteiger partial charge in [-0.2, -0.15) is 0 Å². The van der Waals surface area contributed by atoms with Crippen molar-refractivity contribution in [1.29, 1.82) is 0 Å². The number of amides is 1. The van der Waals surface area contributed by atoms with E-state index < -0.39 is 6.09 Å². The number of carbonyl (C=O) groups excluding carboxylic acids is 1. The topological polar surface area (TPSA) is 68.2 Å². The predicted molar refractivity (Wildman–Crippen MR) is 106 cm³/mol. The first kappa shape index (κ1) is 19.8. The Balaban J connectivity index is 1.89. The van der Waals surface area contributed by atoms with E-state index in [-0.39, 0.29) is 25.2 Å². The molecule has 0 aromatic heterocycles. The number of aliphatic hydroxyl groups is 1. The van der Waals surface area contributed by atoms with Gasteiger partial charge in [0.2, 0.25) is 0 Å². The lowest BCUT2D eigenvalue weighted by atomic mass is 9.88. The SMILES string of the molecule is COc1cc2c(cc1OC)[C@H]([C@H](C)CO)N(C(=O)OCc1ccccc1)C=C2. The largest absolute Gasteiger partial charge is 0.493 e. The molecule has 0 spiro atoms. The van der Waals surface area contributed by atoms with Crippen molar-refractivity contribution in [2.45, 2.75) is 19.6 Å². The molecule has 0 radical (unpaired) electrons. The third-order valence-electron chi connectivity index (χ3n) is 4.87. The number of methoxy groups -OCH3 is 2. The zero-order chi connectivity index (χ0) is 20.1. The van der Waals surface area contributed by atoms with Crippen LogP contribution >= 0.6 is 0 Å². The fraction of sp³-hybridized carbons (Fsp3) is 0.318. The number of hydrogen-bond acceptors (Lipinski definition) is 5. The average Bonchev–Trinajstić information content (AvgIpc) is 2.75. The van der Waals surface area contributed by atoms with Crippen molar-refractivity contribution in [3.05, 3.63) is 65.4 Å². The van der Waals surface area contributed by atoms with E-state index in [2.05, 4.69) is 0 Å². The van der Waals surface area contributed by atoms with E-state index in [1.807, 2.05) is 55.5 Å².